The van der Waals surface area contributed by atoms with Crippen LogP contribution in [0.25, 0.3) is 6.08 Å². The van der Waals surface area contributed by atoms with Gasteiger partial charge in [-0.05, 0) is 42.7 Å². The van der Waals surface area contributed by atoms with Crippen molar-refractivity contribution < 1.29 is 13.2 Å². The number of amides is 1. The van der Waals surface area contributed by atoms with Gasteiger partial charge >= 0.3 is 0 Å². The predicted molar refractivity (Wildman–Crippen MR) is 114 cm³/mol. The van der Waals surface area contributed by atoms with Crippen molar-refractivity contribution in [2.75, 3.05) is 18.4 Å². The first kappa shape index (κ1) is 20.9. The van der Waals surface area contributed by atoms with Gasteiger partial charge in [0.25, 0.3) is 0 Å². The van der Waals surface area contributed by atoms with E-state index in [0.717, 1.165) is 5.56 Å². The highest BCUT2D eigenvalue weighted by Gasteiger charge is 2.30. The molecule has 0 saturated carbocycles. The molecule has 0 spiro atoms. The lowest BCUT2D eigenvalue weighted by atomic mass is 9.97. The minimum absolute atomic E-state index is 0.157. The van der Waals surface area contributed by atoms with Crippen LogP contribution in [0.1, 0.15) is 18.4 Å². The van der Waals surface area contributed by atoms with Gasteiger partial charge in [0.2, 0.25) is 15.9 Å². The van der Waals surface area contributed by atoms with Gasteiger partial charge < -0.3 is 5.32 Å². The summed E-state index contributed by atoms with van der Waals surface area (Å²) < 4.78 is 26.4. The number of carbonyl (C=O) groups is 1. The minimum atomic E-state index is -3.51. The minimum Gasteiger partial charge on any atom is -0.326 e. The molecule has 0 bridgehead atoms. The third-order valence-corrected chi connectivity index (χ3v) is 6.55. The van der Waals surface area contributed by atoms with Crippen LogP contribution in [0.5, 0.6) is 0 Å². The molecule has 1 saturated heterocycles. The summed E-state index contributed by atoms with van der Waals surface area (Å²) in [5.74, 6) is -0.419. The summed E-state index contributed by atoms with van der Waals surface area (Å²) in [6.07, 6.45) is 2.49. The van der Waals surface area contributed by atoms with Crippen LogP contribution < -0.4 is 5.32 Å². The summed E-state index contributed by atoms with van der Waals surface area (Å²) in [6, 6.07) is 14.1. The van der Waals surface area contributed by atoms with E-state index in [0.29, 0.717) is 41.7 Å². The number of hydrogen-bond acceptors (Lipinski definition) is 3. The normalized spacial score (nSPS) is 16.4. The van der Waals surface area contributed by atoms with E-state index >= 15 is 0 Å². The summed E-state index contributed by atoms with van der Waals surface area (Å²) in [7, 11) is -3.51. The third kappa shape index (κ3) is 5.58. The van der Waals surface area contributed by atoms with Gasteiger partial charge in [0.1, 0.15) is 0 Å². The number of carbonyl (C=O) groups excluding carboxylic acids is 1. The Balaban J connectivity index is 1.57. The van der Waals surface area contributed by atoms with Crippen LogP contribution in [0.4, 0.5) is 5.69 Å². The Morgan fingerprint density at radius 3 is 2.25 bits per heavy atom. The number of anilines is 1. The molecular formula is C20H20Cl2N2O3S. The molecule has 1 amide bonds. The van der Waals surface area contributed by atoms with Gasteiger partial charge in [-0.25, -0.2) is 8.42 Å². The van der Waals surface area contributed by atoms with Crippen molar-refractivity contribution in [3.8, 4) is 0 Å². The van der Waals surface area contributed by atoms with Crippen LogP contribution in [-0.4, -0.2) is 31.7 Å². The smallest absolute Gasteiger partial charge is 0.236 e. The fraction of sp³-hybridized carbons (Fsp3) is 0.250. The molecule has 1 heterocycles. The molecule has 1 N–H and O–H groups in total. The number of halogens is 2. The van der Waals surface area contributed by atoms with Gasteiger partial charge in [-0.1, -0.05) is 53.5 Å². The molecule has 8 heteroatoms. The third-order valence-electron chi connectivity index (χ3n) is 4.55. The Labute approximate surface area is 175 Å². The molecule has 0 unspecified atom stereocenters. The molecular weight excluding hydrogens is 419 g/mol. The molecule has 1 aliphatic heterocycles. The second kappa shape index (κ2) is 9.09. The largest absolute Gasteiger partial charge is 0.326 e. The number of rotatable bonds is 5. The number of benzene rings is 2. The first-order valence-electron chi connectivity index (χ1n) is 8.84. The Hall–Kier alpha value is -1.86. The number of piperidine rings is 1. The van der Waals surface area contributed by atoms with Crippen LogP contribution >= 0.6 is 23.2 Å². The topological polar surface area (TPSA) is 66.5 Å². The summed E-state index contributed by atoms with van der Waals surface area (Å²) in [6.45, 7) is 0.603. The maximum absolute atomic E-state index is 12.5. The van der Waals surface area contributed by atoms with Crippen molar-refractivity contribution in [3.05, 3.63) is 69.5 Å². The lowest BCUT2D eigenvalue weighted by Crippen LogP contribution is -2.40. The number of nitrogens with one attached hydrogen (secondary N) is 1. The summed E-state index contributed by atoms with van der Waals surface area (Å²) in [4.78, 5) is 12.5. The van der Waals surface area contributed by atoms with Crippen molar-refractivity contribution >= 4 is 50.9 Å². The van der Waals surface area contributed by atoms with E-state index in [9.17, 15) is 13.2 Å². The van der Waals surface area contributed by atoms with Crippen molar-refractivity contribution in [1.82, 2.24) is 4.31 Å². The zero-order valence-corrected chi connectivity index (χ0v) is 17.3. The second-order valence-electron chi connectivity index (χ2n) is 6.58. The van der Waals surface area contributed by atoms with Gasteiger partial charge in [-0.15, -0.1) is 0 Å². The summed E-state index contributed by atoms with van der Waals surface area (Å²) >= 11 is 11.9. The van der Waals surface area contributed by atoms with Gasteiger partial charge in [0, 0.05) is 40.1 Å². The average Bonchev–Trinajstić information content (AvgIpc) is 2.66. The molecule has 2 aromatic carbocycles. The van der Waals surface area contributed by atoms with E-state index in [2.05, 4.69) is 5.32 Å². The Morgan fingerprint density at radius 1 is 1.04 bits per heavy atom. The lowest BCUT2D eigenvalue weighted by Gasteiger charge is -2.29. The maximum Gasteiger partial charge on any atom is 0.236 e. The molecule has 28 heavy (non-hydrogen) atoms. The first-order valence-corrected chi connectivity index (χ1v) is 11.1. The van der Waals surface area contributed by atoms with Crippen LogP contribution in [-0.2, 0) is 14.8 Å². The fourth-order valence-electron chi connectivity index (χ4n) is 3.06. The monoisotopic (exact) mass is 438 g/mol. The maximum atomic E-state index is 12.5. The van der Waals surface area contributed by atoms with Crippen molar-refractivity contribution in [2.45, 2.75) is 12.8 Å². The highest BCUT2D eigenvalue weighted by Crippen LogP contribution is 2.25. The first-order chi connectivity index (χ1) is 13.3. The Bertz CT molecular complexity index is 950. The molecule has 148 valence electrons. The molecule has 3 rings (SSSR count). The van der Waals surface area contributed by atoms with Gasteiger partial charge in [0.05, 0.1) is 0 Å². The SMILES string of the molecule is O=C(Nc1cc(Cl)cc(Cl)c1)C1CCN(S(=O)(=O)/C=C/c2ccccc2)CC1. The zero-order valence-electron chi connectivity index (χ0n) is 15.0. The van der Waals surface area contributed by atoms with Crippen molar-refractivity contribution in [3.63, 3.8) is 0 Å². The summed E-state index contributed by atoms with van der Waals surface area (Å²) in [5, 5.41) is 4.90. The standard InChI is InChI=1S/C20H20Cl2N2O3S/c21-17-12-18(22)14-19(13-17)23-20(25)16-6-9-24(10-7-16)28(26,27)11-8-15-4-2-1-3-5-15/h1-5,8,11-14,16H,6-7,9-10H2,(H,23,25)/b11-8+. The quantitative estimate of drug-likeness (QED) is 0.738. The van der Waals surface area contributed by atoms with Crippen LogP contribution in [0.3, 0.4) is 0 Å². The second-order valence-corrected chi connectivity index (χ2v) is 9.27. The number of nitrogens with zero attached hydrogens (tertiary/aromatic N) is 1. The van der Waals surface area contributed by atoms with E-state index in [1.165, 1.54) is 9.71 Å². The van der Waals surface area contributed by atoms with Crippen LogP contribution in [0, 0.1) is 5.92 Å². The van der Waals surface area contributed by atoms with E-state index < -0.39 is 10.0 Å². The molecule has 2 aromatic rings. The highest BCUT2D eigenvalue weighted by molar-refractivity contribution is 7.92. The van der Waals surface area contributed by atoms with Gasteiger partial charge in [-0.3, -0.25) is 4.79 Å². The molecule has 1 fully saturated rings. The predicted octanol–water partition coefficient (Wildman–Crippen LogP) is 4.64. The fourth-order valence-corrected chi connectivity index (χ4v) is 4.80. The highest BCUT2D eigenvalue weighted by atomic mass is 35.5. The number of sulfonamides is 1. The molecule has 0 aliphatic carbocycles. The number of hydrogen-bond donors (Lipinski definition) is 1. The van der Waals surface area contributed by atoms with Crippen LogP contribution in [0.2, 0.25) is 10.0 Å². The Kier molecular flexibility index (Phi) is 6.78. The molecule has 0 atom stereocenters. The molecule has 5 nitrogen and oxygen atoms in total. The van der Waals surface area contributed by atoms with E-state index in [1.807, 2.05) is 30.3 Å². The van der Waals surface area contributed by atoms with Crippen molar-refractivity contribution in [2.24, 2.45) is 5.92 Å². The molecule has 0 aromatic heterocycles. The summed E-state index contributed by atoms with van der Waals surface area (Å²) in [5.41, 5.74) is 1.35. The van der Waals surface area contributed by atoms with Gasteiger partial charge in [-0.2, -0.15) is 4.31 Å². The lowest BCUT2D eigenvalue weighted by molar-refractivity contribution is -0.120. The van der Waals surface area contributed by atoms with Crippen molar-refractivity contribution in [1.29, 1.82) is 0 Å². The average molecular weight is 439 g/mol. The van der Waals surface area contributed by atoms with E-state index in [4.69, 9.17) is 23.2 Å². The Morgan fingerprint density at radius 2 is 1.64 bits per heavy atom. The van der Waals surface area contributed by atoms with Gasteiger partial charge in [0.15, 0.2) is 0 Å². The van der Waals surface area contributed by atoms with E-state index in [-0.39, 0.29) is 11.8 Å². The zero-order chi connectivity index (χ0) is 20.1. The van der Waals surface area contributed by atoms with Crippen LogP contribution in [0.15, 0.2) is 53.9 Å². The molecule has 1 aliphatic rings. The van der Waals surface area contributed by atoms with E-state index in [1.54, 1.807) is 24.3 Å². The molecule has 0 radical (unpaired) electrons.